The van der Waals surface area contributed by atoms with Gasteiger partial charge in [0.25, 0.3) is 0 Å². The fraction of sp³-hybridized carbons (Fsp3) is 0.333. The predicted molar refractivity (Wildman–Crippen MR) is 48.1 cm³/mol. The molecule has 0 aliphatic carbocycles. The van der Waals surface area contributed by atoms with Crippen molar-refractivity contribution >= 4 is 11.6 Å². The first-order chi connectivity index (χ1) is 8.72. The van der Waals surface area contributed by atoms with E-state index < -0.39 is 46.7 Å². The van der Waals surface area contributed by atoms with Crippen LogP contribution < -0.4 is 4.74 Å². The molecule has 0 aromatic heterocycles. The van der Waals surface area contributed by atoms with E-state index in [1.54, 1.807) is 0 Å². The summed E-state index contributed by atoms with van der Waals surface area (Å²) < 4.78 is 113. The molecule has 1 aromatic rings. The minimum atomic E-state index is -5.54. The number of hydrogen-bond donors (Lipinski definition) is 0. The van der Waals surface area contributed by atoms with Crippen LogP contribution in [0.4, 0.5) is 39.5 Å². The zero-order chi connectivity index (χ0) is 15.9. The van der Waals surface area contributed by atoms with Crippen LogP contribution in [0, 0.1) is 0 Å². The number of hydrogen-bond acceptors (Lipinski definition) is 1. The van der Waals surface area contributed by atoms with Crippen molar-refractivity contribution in [2.75, 3.05) is 0 Å². The molecule has 0 aliphatic rings. The molecule has 20 heavy (non-hydrogen) atoms. The third kappa shape index (κ3) is 4.09. The molecule has 11 heteroatoms. The Labute approximate surface area is 109 Å². The van der Waals surface area contributed by atoms with Crippen LogP contribution in [0.25, 0.3) is 0 Å². The lowest BCUT2D eigenvalue weighted by Gasteiger charge is -2.18. The highest BCUT2D eigenvalue weighted by Gasteiger charge is 2.43. The monoisotopic (exact) mass is 332 g/mol. The van der Waals surface area contributed by atoms with Crippen LogP contribution in [-0.2, 0) is 12.4 Å². The summed E-state index contributed by atoms with van der Waals surface area (Å²) in [7, 11) is 0. The second kappa shape index (κ2) is 4.90. The maximum atomic E-state index is 12.5. The third-order valence-corrected chi connectivity index (χ3v) is 2.17. The number of ether oxygens (including phenoxy) is 1. The van der Waals surface area contributed by atoms with E-state index in [1.807, 2.05) is 0 Å². The average molecular weight is 333 g/mol. The lowest BCUT2D eigenvalue weighted by atomic mass is 10.1. The van der Waals surface area contributed by atoms with Crippen LogP contribution in [0.5, 0.6) is 5.75 Å². The molecule has 0 saturated carbocycles. The molecule has 0 aliphatic heterocycles. The maximum Gasteiger partial charge on any atom is 0.573 e. The highest BCUT2D eigenvalue weighted by Crippen LogP contribution is 2.45. The summed E-state index contributed by atoms with van der Waals surface area (Å²) in [4.78, 5) is 0. The standard InChI is InChI=1S/C9H2ClF9O/c10-5-2-3(7(11,12)13)1-4(8(14,15)16)6(5)20-9(17,18)19/h1-2H. The largest absolute Gasteiger partial charge is 0.573 e. The lowest BCUT2D eigenvalue weighted by molar-refractivity contribution is -0.276. The second-order valence-electron chi connectivity index (χ2n) is 3.38. The molecule has 0 unspecified atom stereocenters. The summed E-state index contributed by atoms with van der Waals surface area (Å²) in [6.07, 6.45) is -16.3. The van der Waals surface area contributed by atoms with E-state index in [0.717, 1.165) is 0 Å². The minimum Gasteiger partial charge on any atom is -0.404 e. The molecular formula is C9H2ClF9O. The van der Waals surface area contributed by atoms with E-state index in [2.05, 4.69) is 4.74 Å². The summed E-state index contributed by atoms with van der Waals surface area (Å²) in [5.74, 6) is -1.93. The third-order valence-electron chi connectivity index (χ3n) is 1.89. The van der Waals surface area contributed by atoms with Crippen molar-refractivity contribution in [3.8, 4) is 5.75 Å². The number of halogens is 10. The minimum absolute atomic E-state index is 0.0854. The summed E-state index contributed by atoms with van der Waals surface area (Å²) in [5.41, 5.74) is -4.11. The first-order valence-electron chi connectivity index (χ1n) is 4.45. The topological polar surface area (TPSA) is 9.23 Å². The molecule has 0 saturated heterocycles. The fourth-order valence-corrected chi connectivity index (χ4v) is 1.45. The van der Waals surface area contributed by atoms with Crippen LogP contribution in [-0.4, -0.2) is 6.36 Å². The van der Waals surface area contributed by atoms with E-state index in [0.29, 0.717) is 0 Å². The molecule has 1 nitrogen and oxygen atoms in total. The van der Waals surface area contributed by atoms with Crippen LogP contribution in [0.3, 0.4) is 0 Å². The Hall–Kier alpha value is -1.32. The van der Waals surface area contributed by atoms with E-state index >= 15 is 0 Å². The van der Waals surface area contributed by atoms with Crippen molar-refractivity contribution in [3.05, 3.63) is 28.3 Å². The van der Waals surface area contributed by atoms with Crippen molar-refractivity contribution in [1.29, 1.82) is 0 Å². The smallest absolute Gasteiger partial charge is 0.404 e. The molecule has 0 radical (unpaired) electrons. The molecule has 114 valence electrons. The number of rotatable bonds is 1. The normalized spacial score (nSPS) is 13.5. The van der Waals surface area contributed by atoms with Gasteiger partial charge in [-0.05, 0) is 12.1 Å². The fourth-order valence-electron chi connectivity index (χ4n) is 1.19. The van der Waals surface area contributed by atoms with Gasteiger partial charge in [0.1, 0.15) is 5.56 Å². The molecule has 0 bridgehead atoms. The van der Waals surface area contributed by atoms with Gasteiger partial charge in [0.2, 0.25) is 0 Å². The zero-order valence-corrected chi connectivity index (χ0v) is 9.60. The molecule has 1 rings (SSSR count). The summed E-state index contributed by atoms with van der Waals surface area (Å²) in [6, 6.07) is -0.592. The SMILES string of the molecule is FC(F)(F)Oc1c(Cl)cc(C(F)(F)F)cc1C(F)(F)F. The highest BCUT2D eigenvalue weighted by atomic mass is 35.5. The summed E-state index contributed by atoms with van der Waals surface area (Å²) in [6.45, 7) is 0. The summed E-state index contributed by atoms with van der Waals surface area (Å²) >= 11 is 5.03. The Bertz CT molecular complexity index is 500. The van der Waals surface area contributed by atoms with Gasteiger partial charge in [-0.1, -0.05) is 11.6 Å². The van der Waals surface area contributed by atoms with Gasteiger partial charge in [-0.25, -0.2) is 0 Å². The van der Waals surface area contributed by atoms with E-state index in [1.165, 1.54) is 0 Å². The van der Waals surface area contributed by atoms with Gasteiger partial charge >= 0.3 is 18.7 Å². The Kier molecular flexibility index (Phi) is 4.10. The maximum absolute atomic E-state index is 12.5. The predicted octanol–water partition coefficient (Wildman–Crippen LogP) is 5.28. The van der Waals surface area contributed by atoms with Gasteiger partial charge in [0, 0.05) is 0 Å². The average Bonchev–Trinajstić information content (AvgIpc) is 2.15. The highest BCUT2D eigenvalue weighted by molar-refractivity contribution is 6.32. The van der Waals surface area contributed by atoms with E-state index in [9.17, 15) is 39.5 Å². The molecule has 0 heterocycles. The molecular weight excluding hydrogens is 331 g/mol. The molecule has 0 atom stereocenters. The molecule has 0 amide bonds. The zero-order valence-electron chi connectivity index (χ0n) is 8.84. The van der Waals surface area contributed by atoms with Crippen molar-refractivity contribution in [2.45, 2.75) is 18.7 Å². The van der Waals surface area contributed by atoms with Gasteiger partial charge in [-0.15, -0.1) is 13.2 Å². The summed E-state index contributed by atoms with van der Waals surface area (Å²) in [5, 5.41) is -1.45. The van der Waals surface area contributed by atoms with Crippen molar-refractivity contribution in [2.24, 2.45) is 0 Å². The van der Waals surface area contributed by atoms with E-state index in [-0.39, 0.29) is 6.07 Å². The van der Waals surface area contributed by atoms with E-state index in [4.69, 9.17) is 11.6 Å². The van der Waals surface area contributed by atoms with Gasteiger partial charge in [0.05, 0.1) is 10.6 Å². The van der Waals surface area contributed by atoms with Crippen LogP contribution in [0.15, 0.2) is 12.1 Å². The van der Waals surface area contributed by atoms with Crippen molar-refractivity contribution in [1.82, 2.24) is 0 Å². The van der Waals surface area contributed by atoms with Gasteiger partial charge < -0.3 is 4.74 Å². The Morgan fingerprint density at radius 3 is 1.65 bits per heavy atom. The first-order valence-corrected chi connectivity index (χ1v) is 4.83. The van der Waals surface area contributed by atoms with Crippen molar-refractivity contribution < 1.29 is 44.3 Å². The number of alkyl halides is 9. The quantitative estimate of drug-likeness (QED) is 0.636. The van der Waals surface area contributed by atoms with Gasteiger partial charge in [0.15, 0.2) is 5.75 Å². The number of benzene rings is 1. The van der Waals surface area contributed by atoms with Gasteiger partial charge in [-0.2, -0.15) is 26.3 Å². The lowest BCUT2D eigenvalue weighted by Crippen LogP contribution is -2.21. The van der Waals surface area contributed by atoms with Crippen LogP contribution in [0.1, 0.15) is 11.1 Å². The Morgan fingerprint density at radius 1 is 0.800 bits per heavy atom. The van der Waals surface area contributed by atoms with Gasteiger partial charge in [-0.3, -0.25) is 0 Å². The Balaban J connectivity index is 3.52. The molecule has 1 aromatic carbocycles. The molecule has 0 fully saturated rings. The first kappa shape index (κ1) is 16.7. The van der Waals surface area contributed by atoms with Crippen LogP contribution in [0.2, 0.25) is 5.02 Å². The Morgan fingerprint density at radius 2 is 1.30 bits per heavy atom. The molecule has 0 spiro atoms. The second-order valence-corrected chi connectivity index (χ2v) is 3.79. The van der Waals surface area contributed by atoms with Crippen LogP contribution >= 0.6 is 11.6 Å². The van der Waals surface area contributed by atoms with Crippen molar-refractivity contribution in [3.63, 3.8) is 0 Å². The molecule has 0 N–H and O–H groups in total.